The third-order valence-electron chi connectivity index (χ3n) is 2.80. The molecule has 0 saturated carbocycles. The minimum Gasteiger partial charge on any atom is -0.392 e. The summed E-state index contributed by atoms with van der Waals surface area (Å²) in [5.74, 6) is 0.641. The Labute approximate surface area is 114 Å². The standard InChI is InChI=1S/C13H11ClN4O/c14-10-4-3-9(6-8(10)7-19)16-13-12-11(17-18-13)2-1-5-15-12/h1-6,19H,7H2,(H2,16,17,18). The molecule has 0 aliphatic rings. The largest absolute Gasteiger partial charge is 0.392 e. The average molecular weight is 275 g/mol. The normalized spacial score (nSPS) is 10.8. The lowest BCUT2D eigenvalue weighted by Crippen LogP contribution is -1.94. The summed E-state index contributed by atoms with van der Waals surface area (Å²) in [5, 5.41) is 20.0. The molecule has 0 atom stereocenters. The van der Waals surface area contributed by atoms with Gasteiger partial charge in [-0.1, -0.05) is 11.6 Å². The lowest BCUT2D eigenvalue weighted by atomic mass is 10.2. The third-order valence-corrected chi connectivity index (χ3v) is 3.17. The van der Waals surface area contributed by atoms with Crippen molar-refractivity contribution in [3.63, 3.8) is 0 Å². The Hall–Kier alpha value is -2.11. The molecule has 0 fully saturated rings. The molecule has 0 bridgehead atoms. The van der Waals surface area contributed by atoms with Crippen LogP contribution < -0.4 is 5.32 Å². The number of aromatic amines is 1. The number of fused-ring (bicyclic) bond motifs is 1. The van der Waals surface area contributed by atoms with Crippen LogP contribution in [0.2, 0.25) is 5.02 Å². The van der Waals surface area contributed by atoms with Crippen molar-refractivity contribution in [3.05, 3.63) is 47.1 Å². The van der Waals surface area contributed by atoms with Crippen molar-refractivity contribution in [1.82, 2.24) is 15.2 Å². The van der Waals surface area contributed by atoms with E-state index in [1.165, 1.54) is 0 Å². The molecule has 6 heteroatoms. The molecule has 0 saturated heterocycles. The van der Waals surface area contributed by atoms with Gasteiger partial charge in [-0.05, 0) is 35.9 Å². The Kier molecular flexibility index (Phi) is 3.06. The monoisotopic (exact) mass is 274 g/mol. The number of aliphatic hydroxyl groups excluding tert-OH is 1. The zero-order chi connectivity index (χ0) is 13.2. The Morgan fingerprint density at radius 2 is 2.21 bits per heavy atom. The number of hydrogen-bond acceptors (Lipinski definition) is 4. The van der Waals surface area contributed by atoms with Crippen LogP contribution >= 0.6 is 11.6 Å². The van der Waals surface area contributed by atoms with Crippen molar-refractivity contribution >= 4 is 34.1 Å². The fourth-order valence-electron chi connectivity index (χ4n) is 1.85. The number of nitrogens with zero attached hydrogens (tertiary/aromatic N) is 2. The van der Waals surface area contributed by atoms with E-state index in [1.807, 2.05) is 18.2 Å². The number of nitrogens with one attached hydrogen (secondary N) is 2. The minimum atomic E-state index is -0.103. The van der Waals surface area contributed by atoms with E-state index in [0.717, 1.165) is 16.7 Å². The summed E-state index contributed by atoms with van der Waals surface area (Å²) < 4.78 is 0. The van der Waals surface area contributed by atoms with E-state index in [-0.39, 0.29) is 6.61 Å². The molecule has 96 valence electrons. The molecule has 0 spiro atoms. The molecule has 0 radical (unpaired) electrons. The van der Waals surface area contributed by atoms with Crippen molar-refractivity contribution in [2.75, 3.05) is 5.32 Å². The highest BCUT2D eigenvalue weighted by molar-refractivity contribution is 6.31. The lowest BCUT2D eigenvalue weighted by molar-refractivity contribution is 0.282. The molecule has 3 rings (SSSR count). The number of H-pyrrole nitrogens is 1. The summed E-state index contributed by atoms with van der Waals surface area (Å²) >= 11 is 5.95. The molecule has 0 amide bonds. The van der Waals surface area contributed by atoms with Gasteiger partial charge in [-0.25, -0.2) is 0 Å². The van der Waals surface area contributed by atoms with Gasteiger partial charge in [0.25, 0.3) is 0 Å². The maximum atomic E-state index is 9.19. The summed E-state index contributed by atoms with van der Waals surface area (Å²) in [4.78, 5) is 4.27. The van der Waals surface area contributed by atoms with Crippen molar-refractivity contribution in [3.8, 4) is 0 Å². The van der Waals surface area contributed by atoms with Crippen LogP contribution in [0.4, 0.5) is 11.5 Å². The van der Waals surface area contributed by atoms with E-state index >= 15 is 0 Å². The van der Waals surface area contributed by atoms with Crippen LogP contribution in [0.3, 0.4) is 0 Å². The second kappa shape index (κ2) is 4.87. The minimum absolute atomic E-state index is 0.103. The highest BCUT2D eigenvalue weighted by atomic mass is 35.5. The molecule has 5 nitrogen and oxygen atoms in total. The molecule has 2 aromatic heterocycles. The van der Waals surface area contributed by atoms with Gasteiger partial charge in [-0.3, -0.25) is 10.1 Å². The van der Waals surface area contributed by atoms with E-state index in [4.69, 9.17) is 11.6 Å². The molecule has 1 aromatic carbocycles. The first-order chi connectivity index (χ1) is 9.28. The number of anilines is 2. The summed E-state index contributed by atoms with van der Waals surface area (Å²) in [7, 11) is 0. The first kappa shape index (κ1) is 12.0. The molecule has 0 aliphatic carbocycles. The Morgan fingerprint density at radius 3 is 3.05 bits per heavy atom. The van der Waals surface area contributed by atoms with Gasteiger partial charge in [0.1, 0.15) is 5.52 Å². The van der Waals surface area contributed by atoms with E-state index in [0.29, 0.717) is 16.4 Å². The van der Waals surface area contributed by atoms with Crippen molar-refractivity contribution in [2.45, 2.75) is 6.61 Å². The van der Waals surface area contributed by atoms with Crippen LogP contribution in [-0.2, 0) is 6.61 Å². The lowest BCUT2D eigenvalue weighted by Gasteiger charge is -2.06. The van der Waals surface area contributed by atoms with Gasteiger partial charge in [-0.15, -0.1) is 0 Å². The number of halogens is 1. The molecule has 2 heterocycles. The van der Waals surface area contributed by atoms with Gasteiger partial charge in [0.05, 0.1) is 12.1 Å². The third kappa shape index (κ3) is 2.25. The van der Waals surface area contributed by atoms with Gasteiger partial charge in [0.15, 0.2) is 5.82 Å². The van der Waals surface area contributed by atoms with E-state index in [2.05, 4.69) is 20.5 Å². The quantitative estimate of drug-likeness (QED) is 0.687. The smallest absolute Gasteiger partial charge is 0.178 e. The average Bonchev–Trinajstić information content (AvgIpc) is 2.84. The van der Waals surface area contributed by atoms with E-state index < -0.39 is 0 Å². The van der Waals surface area contributed by atoms with Crippen LogP contribution in [0.15, 0.2) is 36.5 Å². The number of hydrogen-bond donors (Lipinski definition) is 3. The highest BCUT2D eigenvalue weighted by Crippen LogP contribution is 2.25. The molecular weight excluding hydrogens is 264 g/mol. The highest BCUT2D eigenvalue weighted by Gasteiger charge is 2.07. The number of aliphatic hydroxyl groups is 1. The molecule has 0 unspecified atom stereocenters. The number of aromatic nitrogens is 3. The van der Waals surface area contributed by atoms with Crippen LogP contribution in [0.5, 0.6) is 0 Å². The van der Waals surface area contributed by atoms with Crippen LogP contribution in [-0.4, -0.2) is 20.3 Å². The SMILES string of the molecule is OCc1cc(Nc2n[nH]c3cccnc23)ccc1Cl. The predicted octanol–water partition coefficient (Wildman–Crippen LogP) is 2.85. The first-order valence-electron chi connectivity index (χ1n) is 5.73. The van der Waals surface area contributed by atoms with Crippen molar-refractivity contribution < 1.29 is 5.11 Å². The number of benzene rings is 1. The Bertz CT molecular complexity index is 725. The molecular formula is C13H11ClN4O. The maximum Gasteiger partial charge on any atom is 0.178 e. The van der Waals surface area contributed by atoms with Gasteiger partial charge < -0.3 is 10.4 Å². The van der Waals surface area contributed by atoms with E-state index in [1.54, 1.807) is 18.3 Å². The van der Waals surface area contributed by atoms with Gasteiger partial charge in [-0.2, -0.15) is 5.10 Å². The first-order valence-corrected chi connectivity index (χ1v) is 6.11. The van der Waals surface area contributed by atoms with Crippen LogP contribution in [0.1, 0.15) is 5.56 Å². The van der Waals surface area contributed by atoms with Crippen LogP contribution in [0, 0.1) is 0 Å². The molecule has 3 N–H and O–H groups in total. The zero-order valence-electron chi connectivity index (χ0n) is 9.89. The Morgan fingerprint density at radius 1 is 1.32 bits per heavy atom. The predicted molar refractivity (Wildman–Crippen MR) is 74.5 cm³/mol. The van der Waals surface area contributed by atoms with E-state index in [9.17, 15) is 5.11 Å². The van der Waals surface area contributed by atoms with Gasteiger partial charge >= 0.3 is 0 Å². The summed E-state index contributed by atoms with van der Waals surface area (Å²) in [6.07, 6.45) is 1.71. The number of pyridine rings is 1. The summed E-state index contributed by atoms with van der Waals surface area (Å²) in [6.45, 7) is -0.103. The second-order valence-electron chi connectivity index (χ2n) is 4.06. The number of rotatable bonds is 3. The summed E-state index contributed by atoms with van der Waals surface area (Å²) in [5.41, 5.74) is 3.09. The summed E-state index contributed by atoms with van der Waals surface area (Å²) in [6, 6.07) is 9.09. The molecule has 0 aliphatic heterocycles. The topological polar surface area (TPSA) is 73.8 Å². The molecule has 3 aromatic rings. The fraction of sp³-hybridized carbons (Fsp3) is 0.0769. The fourth-order valence-corrected chi connectivity index (χ4v) is 2.03. The second-order valence-corrected chi connectivity index (χ2v) is 4.47. The van der Waals surface area contributed by atoms with Crippen molar-refractivity contribution in [1.29, 1.82) is 0 Å². The zero-order valence-corrected chi connectivity index (χ0v) is 10.6. The van der Waals surface area contributed by atoms with Gasteiger partial charge in [0, 0.05) is 16.9 Å². The maximum absolute atomic E-state index is 9.19. The molecule has 19 heavy (non-hydrogen) atoms. The van der Waals surface area contributed by atoms with Crippen LogP contribution in [0.25, 0.3) is 11.0 Å². The van der Waals surface area contributed by atoms with Gasteiger partial charge in [0.2, 0.25) is 0 Å². The van der Waals surface area contributed by atoms with Crippen molar-refractivity contribution in [2.24, 2.45) is 0 Å². The Balaban J connectivity index is 1.97.